The fourth-order valence-corrected chi connectivity index (χ4v) is 5.32. The van der Waals surface area contributed by atoms with E-state index in [0.717, 1.165) is 31.7 Å². The molecular weight excluding hydrogens is 418 g/mol. The highest BCUT2D eigenvalue weighted by atomic mass is 16.5. The van der Waals surface area contributed by atoms with Crippen molar-refractivity contribution >= 4 is 12.4 Å². The number of nitrogens with zero attached hydrogens (tertiary/aromatic N) is 1. The van der Waals surface area contributed by atoms with Crippen molar-refractivity contribution in [1.29, 1.82) is 0 Å². The molecule has 3 aromatic carbocycles. The van der Waals surface area contributed by atoms with Crippen LogP contribution >= 0.6 is 0 Å². The van der Waals surface area contributed by atoms with Gasteiger partial charge in [0.1, 0.15) is 18.6 Å². The summed E-state index contributed by atoms with van der Waals surface area (Å²) in [6, 6.07) is 25.8. The molecule has 5 rings (SSSR count). The van der Waals surface area contributed by atoms with Crippen LogP contribution in [-0.4, -0.2) is 24.3 Å². The maximum atomic E-state index is 10.7. The van der Waals surface area contributed by atoms with Gasteiger partial charge in [0, 0.05) is 18.4 Å². The average Bonchev–Trinajstić information content (AvgIpc) is 3.24. The molecule has 1 unspecified atom stereocenters. The van der Waals surface area contributed by atoms with Crippen molar-refractivity contribution in [1.82, 2.24) is 4.90 Å². The standard InChI is InChI=1S/C31H33NO2/c1-24(15-21-33)27-10-12-29(13-11-27)34-23-26-8-6-25(7-9-26)22-32-19-17-31(18-20-32)16-14-28-4-2-3-5-30(28)31/h2-14,16,21,24H,15,17-20,22-23H2,1H3. The van der Waals surface area contributed by atoms with Crippen LogP contribution in [0.25, 0.3) is 6.08 Å². The van der Waals surface area contributed by atoms with E-state index < -0.39 is 0 Å². The highest BCUT2D eigenvalue weighted by molar-refractivity contribution is 5.65. The van der Waals surface area contributed by atoms with Crippen molar-refractivity contribution in [2.45, 2.75) is 50.7 Å². The molecule has 1 atom stereocenters. The van der Waals surface area contributed by atoms with Crippen molar-refractivity contribution in [3.63, 3.8) is 0 Å². The van der Waals surface area contributed by atoms with Crippen molar-refractivity contribution < 1.29 is 9.53 Å². The van der Waals surface area contributed by atoms with Crippen LogP contribution in [0.15, 0.2) is 78.9 Å². The minimum absolute atomic E-state index is 0.245. The number of likely N-dealkylation sites (tertiary alicyclic amines) is 1. The quantitative estimate of drug-likeness (QED) is 0.365. The molecule has 3 heteroatoms. The Labute approximate surface area is 203 Å². The fourth-order valence-electron chi connectivity index (χ4n) is 5.32. The Morgan fingerprint density at radius 1 is 0.941 bits per heavy atom. The summed E-state index contributed by atoms with van der Waals surface area (Å²) in [4.78, 5) is 13.3. The van der Waals surface area contributed by atoms with Crippen molar-refractivity contribution in [3.05, 3.63) is 107 Å². The van der Waals surface area contributed by atoms with Crippen LogP contribution < -0.4 is 4.74 Å². The molecule has 1 aliphatic heterocycles. The van der Waals surface area contributed by atoms with Crippen LogP contribution in [-0.2, 0) is 23.4 Å². The fraction of sp³-hybridized carbons (Fsp3) is 0.323. The second kappa shape index (κ2) is 9.99. The Balaban J connectivity index is 1.11. The van der Waals surface area contributed by atoms with E-state index in [1.54, 1.807) is 0 Å². The number of hydrogen-bond donors (Lipinski definition) is 0. The average molecular weight is 452 g/mol. The molecule has 1 fully saturated rings. The Morgan fingerprint density at radius 3 is 2.38 bits per heavy atom. The molecule has 1 spiro atoms. The third-order valence-corrected chi connectivity index (χ3v) is 7.56. The van der Waals surface area contributed by atoms with E-state index >= 15 is 0 Å². The Kier molecular flexibility index (Phi) is 6.64. The molecule has 2 aliphatic rings. The van der Waals surface area contributed by atoms with Gasteiger partial charge in [0.2, 0.25) is 0 Å². The van der Waals surface area contributed by atoms with E-state index in [9.17, 15) is 4.79 Å². The van der Waals surface area contributed by atoms with Crippen molar-refractivity contribution in [3.8, 4) is 5.75 Å². The predicted octanol–water partition coefficient (Wildman–Crippen LogP) is 6.52. The molecule has 0 aromatic heterocycles. The van der Waals surface area contributed by atoms with E-state index in [1.807, 2.05) is 12.1 Å². The second-order valence-corrected chi connectivity index (χ2v) is 9.83. The summed E-state index contributed by atoms with van der Waals surface area (Å²) in [5.74, 6) is 1.10. The number of benzene rings is 3. The lowest BCUT2D eigenvalue weighted by Crippen LogP contribution is -2.40. The molecule has 0 radical (unpaired) electrons. The zero-order valence-electron chi connectivity index (χ0n) is 20.0. The molecule has 0 bridgehead atoms. The third-order valence-electron chi connectivity index (χ3n) is 7.56. The number of hydrogen-bond acceptors (Lipinski definition) is 3. The lowest BCUT2D eigenvalue weighted by molar-refractivity contribution is -0.108. The predicted molar refractivity (Wildman–Crippen MR) is 138 cm³/mol. The van der Waals surface area contributed by atoms with Crippen LogP contribution in [0.4, 0.5) is 0 Å². The van der Waals surface area contributed by atoms with Gasteiger partial charge in [-0.3, -0.25) is 4.90 Å². The van der Waals surface area contributed by atoms with E-state index in [2.05, 4.69) is 84.6 Å². The van der Waals surface area contributed by atoms with Gasteiger partial charge >= 0.3 is 0 Å². The molecule has 0 N–H and O–H groups in total. The third kappa shape index (κ3) is 4.85. The summed E-state index contributed by atoms with van der Waals surface area (Å²) >= 11 is 0. The number of rotatable bonds is 8. The summed E-state index contributed by atoms with van der Waals surface area (Å²) in [6.07, 6.45) is 8.68. The van der Waals surface area contributed by atoms with E-state index in [-0.39, 0.29) is 11.3 Å². The molecule has 174 valence electrons. The minimum atomic E-state index is 0.245. The minimum Gasteiger partial charge on any atom is -0.489 e. The first-order valence-electron chi connectivity index (χ1n) is 12.4. The van der Waals surface area contributed by atoms with Crippen LogP contribution in [0.2, 0.25) is 0 Å². The number of fused-ring (bicyclic) bond motifs is 2. The molecular formula is C31H33NO2. The van der Waals surface area contributed by atoms with Crippen LogP contribution in [0.5, 0.6) is 5.75 Å². The molecule has 1 heterocycles. The van der Waals surface area contributed by atoms with Crippen LogP contribution in [0.3, 0.4) is 0 Å². The van der Waals surface area contributed by atoms with Gasteiger partial charge in [-0.15, -0.1) is 0 Å². The van der Waals surface area contributed by atoms with Gasteiger partial charge in [0.15, 0.2) is 0 Å². The van der Waals surface area contributed by atoms with Gasteiger partial charge < -0.3 is 9.53 Å². The largest absolute Gasteiger partial charge is 0.489 e. The first-order chi connectivity index (χ1) is 16.6. The molecule has 3 nitrogen and oxygen atoms in total. The highest BCUT2D eigenvalue weighted by Crippen LogP contribution is 2.43. The molecule has 1 saturated heterocycles. The van der Waals surface area contributed by atoms with Crippen LogP contribution in [0, 0.1) is 0 Å². The van der Waals surface area contributed by atoms with Crippen molar-refractivity contribution in [2.75, 3.05) is 13.1 Å². The number of allylic oxidation sites excluding steroid dienone is 1. The molecule has 0 amide bonds. The summed E-state index contributed by atoms with van der Waals surface area (Å²) in [5, 5.41) is 0. The number of piperidine rings is 1. The van der Waals surface area contributed by atoms with E-state index in [1.165, 1.54) is 40.7 Å². The monoisotopic (exact) mass is 451 g/mol. The number of carbonyl (C=O) groups excluding carboxylic acids is 1. The molecule has 34 heavy (non-hydrogen) atoms. The maximum absolute atomic E-state index is 10.7. The smallest absolute Gasteiger partial charge is 0.120 e. The maximum Gasteiger partial charge on any atom is 0.120 e. The summed E-state index contributed by atoms with van der Waals surface area (Å²) in [6.45, 7) is 5.89. The molecule has 1 aliphatic carbocycles. The summed E-state index contributed by atoms with van der Waals surface area (Å²) < 4.78 is 5.97. The number of ether oxygens (including phenoxy) is 1. The normalized spacial score (nSPS) is 17.4. The van der Waals surface area contributed by atoms with Gasteiger partial charge in [-0.05, 0) is 71.8 Å². The van der Waals surface area contributed by atoms with Gasteiger partial charge in [0.25, 0.3) is 0 Å². The lowest BCUT2D eigenvalue weighted by Gasteiger charge is -2.39. The summed E-state index contributed by atoms with van der Waals surface area (Å²) in [5.41, 5.74) is 6.86. The Hall–Kier alpha value is -3.17. The first kappa shape index (κ1) is 22.6. The Morgan fingerprint density at radius 2 is 1.65 bits per heavy atom. The second-order valence-electron chi connectivity index (χ2n) is 9.83. The summed E-state index contributed by atoms with van der Waals surface area (Å²) in [7, 11) is 0. The number of carbonyl (C=O) groups is 1. The zero-order valence-corrected chi connectivity index (χ0v) is 20.0. The Bertz CT molecular complexity index is 1140. The molecule has 0 saturated carbocycles. The van der Waals surface area contributed by atoms with E-state index in [4.69, 9.17) is 4.74 Å². The van der Waals surface area contributed by atoms with Gasteiger partial charge in [0.05, 0.1) is 0 Å². The van der Waals surface area contributed by atoms with Crippen molar-refractivity contribution in [2.24, 2.45) is 0 Å². The van der Waals surface area contributed by atoms with E-state index in [0.29, 0.717) is 13.0 Å². The SMILES string of the molecule is CC(CC=O)c1ccc(OCc2ccc(CN3CCC4(C=Cc5ccccc54)CC3)cc2)cc1. The zero-order chi connectivity index (χ0) is 23.4. The topological polar surface area (TPSA) is 29.5 Å². The number of aldehydes is 1. The lowest BCUT2D eigenvalue weighted by atomic mass is 9.74. The van der Waals surface area contributed by atoms with Crippen LogP contribution in [0.1, 0.15) is 59.9 Å². The first-order valence-corrected chi connectivity index (χ1v) is 12.4. The highest BCUT2D eigenvalue weighted by Gasteiger charge is 2.37. The molecule has 3 aromatic rings. The van der Waals surface area contributed by atoms with Gasteiger partial charge in [-0.25, -0.2) is 0 Å². The van der Waals surface area contributed by atoms with Gasteiger partial charge in [-0.1, -0.05) is 79.7 Å². The van der Waals surface area contributed by atoms with Gasteiger partial charge in [-0.2, -0.15) is 0 Å².